The number of hydrogen-bond acceptors (Lipinski definition) is 3. The van der Waals surface area contributed by atoms with Crippen molar-refractivity contribution in [3.8, 4) is 5.75 Å². The standard InChI is InChI=1S/C10H9FN2OS/c1-5-12-9-7(10(15)13-5)3-6(14-2)4-8(9)11/h3-4H,1-2H3,(H,12,13,15). The summed E-state index contributed by atoms with van der Waals surface area (Å²) in [7, 11) is 1.48. The van der Waals surface area contributed by atoms with Crippen LogP contribution in [0.5, 0.6) is 5.75 Å². The number of fused-ring (bicyclic) bond motifs is 1. The quantitative estimate of drug-likeness (QED) is 0.757. The van der Waals surface area contributed by atoms with Gasteiger partial charge in [-0.15, -0.1) is 0 Å². The fraction of sp³-hybridized carbons (Fsp3) is 0.200. The number of nitrogens with zero attached hydrogens (tertiary/aromatic N) is 1. The van der Waals surface area contributed by atoms with E-state index in [-0.39, 0.29) is 5.82 Å². The van der Waals surface area contributed by atoms with Crippen molar-refractivity contribution in [2.24, 2.45) is 0 Å². The van der Waals surface area contributed by atoms with E-state index in [1.807, 2.05) is 0 Å². The number of halogens is 1. The first kappa shape index (κ1) is 10.0. The van der Waals surface area contributed by atoms with Gasteiger partial charge in [0.05, 0.1) is 12.6 Å². The number of H-pyrrole nitrogens is 1. The van der Waals surface area contributed by atoms with Crippen LogP contribution in [0.15, 0.2) is 12.1 Å². The zero-order valence-electron chi connectivity index (χ0n) is 8.30. The summed E-state index contributed by atoms with van der Waals surface area (Å²) in [5, 5.41) is 0.562. The molecule has 1 aromatic heterocycles. The van der Waals surface area contributed by atoms with Gasteiger partial charge in [-0.05, 0) is 13.0 Å². The van der Waals surface area contributed by atoms with Gasteiger partial charge in [0.1, 0.15) is 16.2 Å². The van der Waals surface area contributed by atoms with E-state index >= 15 is 0 Å². The smallest absolute Gasteiger partial charge is 0.151 e. The van der Waals surface area contributed by atoms with E-state index in [1.54, 1.807) is 13.0 Å². The highest BCUT2D eigenvalue weighted by Gasteiger charge is 2.07. The molecule has 0 saturated carbocycles. The molecule has 0 aliphatic heterocycles. The van der Waals surface area contributed by atoms with Crippen molar-refractivity contribution in [1.29, 1.82) is 0 Å². The second-order valence-electron chi connectivity index (χ2n) is 3.16. The van der Waals surface area contributed by atoms with Gasteiger partial charge in [-0.25, -0.2) is 9.37 Å². The highest BCUT2D eigenvalue weighted by Crippen LogP contribution is 2.23. The lowest BCUT2D eigenvalue weighted by Crippen LogP contribution is -1.94. The molecule has 78 valence electrons. The first-order valence-electron chi connectivity index (χ1n) is 4.36. The summed E-state index contributed by atoms with van der Waals surface area (Å²) < 4.78 is 18.9. The van der Waals surface area contributed by atoms with Gasteiger partial charge >= 0.3 is 0 Å². The molecular formula is C10H9FN2OS. The Morgan fingerprint density at radius 3 is 2.87 bits per heavy atom. The van der Waals surface area contributed by atoms with Crippen LogP contribution in [-0.2, 0) is 0 Å². The van der Waals surface area contributed by atoms with E-state index in [0.29, 0.717) is 27.1 Å². The molecule has 0 unspecified atom stereocenters. The fourth-order valence-corrected chi connectivity index (χ4v) is 1.71. The minimum atomic E-state index is -0.388. The Kier molecular flexibility index (Phi) is 2.40. The van der Waals surface area contributed by atoms with Gasteiger partial charge in [-0.3, -0.25) is 0 Å². The molecule has 3 nitrogen and oxygen atoms in total. The van der Waals surface area contributed by atoms with Gasteiger partial charge in [0.2, 0.25) is 0 Å². The van der Waals surface area contributed by atoms with Crippen molar-refractivity contribution in [3.63, 3.8) is 0 Å². The summed E-state index contributed by atoms with van der Waals surface area (Å²) in [5.41, 5.74) is 0.369. The van der Waals surface area contributed by atoms with Crippen LogP contribution >= 0.6 is 12.2 Å². The maximum absolute atomic E-state index is 13.6. The van der Waals surface area contributed by atoms with Crippen LogP contribution in [0, 0.1) is 17.4 Å². The van der Waals surface area contributed by atoms with Crippen LogP contribution in [-0.4, -0.2) is 17.1 Å². The van der Waals surface area contributed by atoms with Crippen molar-refractivity contribution in [2.45, 2.75) is 6.92 Å². The minimum absolute atomic E-state index is 0.369. The van der Waals surface area contributed by atoms with Gasteiger partial charge in [-0.1, -0.05) is 12.2 Å². The zero-order chi connectivity index (χ0) is 11.0. The number of ether oxygens (including phenoxy) is 1. The third-order valence-corrected chi connectivity index (χ3v) is 2.42. The number of aryl methyl sites for hydroxylation is 1. The lowest BCUT2D eigenvalue weighted by molar-refractivity contribution is 0.412. The van der Waals surface area contributed by atoms with Crippen LogP contribution < -0.4 is 4.74 Å². The predicted octanol–water partition coefficient (Wildman–Crippen LogP) is 2.75. The molecule has 1 aromatic carbocycles. The van der Waals surface area contributed by atoms with Gasteiger partial charge < -0.3 is 9.72 Å². The third-order valence-electron chi connectivity index (χ3n) is 2.11. The summed E-state index contributed by atoms with van der Waals surface area (Å²) in [5.74, 6) is 0.641. The van der Waals surface area contributed by atoms with Crippen molar-refractivity contribution >= 4 is 23.1 Å². The highest BCUT2D eigenvalue weighted by atomic mass is 32.1. The number of benzene rings is 1. The summed E-state index contributed by atoms with van der Waals surface area (Å²) in [6, 6.07) is 2.98. The highest BCUT2D eigenvalue weighted by molar-refractivity contribution is 7.71. The molecule has 2 rings (SSSR count). The number of methoxy groups -OCH3 is 1. The van der Waals surface area contributed by atoms with Gasteiger partial charge in [0, 0.05) is 11.5 Å². The topological polar surface area (TPSA) is 37.9 Å². The Morgan fingerprint density at radius 2 is 2.20 bits per heavy atom. The molecule has 0 spiro atoms. The molecular weight excluding hydrogens is 215 g/mol. The van der Waals surface area contributed by atoms with E-state index in [4.69, 9.17) is 17.0 Å². The summed E-state index contributed by atoms with van der Waals surface area (Å²) in [4.78, 5) is 6.90. The Balaban J connectivity index is 2.91. The predicted molar refractivity (Wildman–Crippen MR) is 58.2 cm³/mol. The van der Waals surface area contributed by atoms with E-state index in [1.165, 1.54) is 13.2 Å². The number of rotatable bonds is 1. The average Bonchev–Trinajstić information content (AvgIpc) is 2.19. The molecule has 0 bridgehead atoms. The molecule has 0 saturated heterocycles. The second-order valence-corrected chi connectivity index (χ2v) is 3.55. The lowest BCUT2D eigenvalue weighted by atomic mass is 10.2. The second kappa shape index (κ2) is 3.58. The normalized spacial score (nSPS) is 10.6. The van der Waals surface area contributed by atoms with Crippen LogP contribution in [0.3, 0.4) is 0 Å². The Morgan fingerprint density at radius 1 is 1.47 bits per heavy atom. The van der Waals surface area contributed by atoms with E-state index in [9.17, 15) is 4.39 Å². The Bertz CT molecular complexity index is 579. The number of hydrogen-bond donors (Lipinski definition) is 1. The van der Waals surface area contributed by atoms with Gasteiger partial charge in [0.25, 0.3) is 0 Å². The van der Waals surface area contributed by atoms with E-state index < -0.39 is 0 Å². The molecule has 15 heavy (non-hydrogen) atoms. The molecule has 0 atom stereocenters. The molecule has 0 fully saturated rings. The minimum Gasteiger partial charge on any atom is -0.497 e. The van der Waals surface area contributed by atoms with Crippen molar-refractivity contribution < 1.29 is 9.13 Å². The maximum Gasteiger partial charge on any atom is 0.151 e. The van der Waals surface area contributed by atoms with Crippen LogP contribution in [0.2, 0.25) is 0 Å². The maximum atomic E-state index is 13.6. The molecule has 1 heterocycles. The molecule has 2 aromatic rings. The largest absolute Gasteiger partial charge is 0.497 e. The first-order chi connectivity index (χ1) is 7.11. The Hall–Kier alpha value is -1.49. The number of aromatic amines is 1. The van der Waals surface area contributed by atoms with Crippen LogP contribution in [0.25, 0.3) is 10.9 Å². The summed E-state index contributed by atoms with van der Waals surface area (Å²) in [6.07, 6.45) is 0. The third kappa shape index (κ3) is 1.70. The zero-order valence-corrected chi connectivity index (χ0v) is 9.11. The van der Waals surface area contributed by atoms with Crippen molar-refractivity contribution in [2.75, 3.05) is 7.11 Å². The van der Waals surface area contributed by atoms with Crippen LogP contribution in [0.1, 0.15) is 5.82 Å². The van der Waals surface area contributed by atoms with Gasteiger partial charge in [-0.2, -0.15) is 0 Å². The monoisotopic (exact) mass is 224 g/mol. The van der Waals surface area contributed by atoms with Crippen molar-refractivity contribution in [3.05, 3.63) is 28.4 Å². The van der Waals surface area contributed by atoms with E-state index in [0.717, 1.165) is 0 Å². The van der Waals surface area contributed by atoms with Gasteiger partial charge in [0.15, 0.2) is 5.82 Å². The molecule has 5 heteroatoms. The molecule has 0 aliphatic rings. The van der Waals surface area contributed by atoms with E-state index in [2.05, 4.69) is 9.97 Å². The Labute approximate surface area is 90.9 Å². The first-order valence-corrected chi connectivity index (χ1v) is 4.77. The molecule has 0 radical (unpaired) electrons. The molecule has 0 amide bonds. The number of nitrogens with one attached hydrogen (secondary N) is 1. The summed E-state index contributed by atoms with van der Waals surface area (Å²) in [6.45, 7) is 1.74. The fourth-order valence-electron chi connectivity index (χ4n) is 1.42. The summed E-state index contributed by atoms with van der Waals surface area (Å²) >= 11 is 5.06. The van der Waals surface area contributed by atoms with Crippen LogP contribution in [0.4, 0.5) is 4.39 Å². The SMILES string of the molecule is COc1cc(F)c2[nH]c(C)nc(=S)c2c1. The number of aromatic nitrogens is 2. The molecule has 1 N–H and O–H groups in total. The molecule has 0 aliphatic carbocycles. The average molecular weight is 224 g/mol. The van der Waals surface area contributed by atoms with Crippen molar-refractivity contribution in [1.82, 2.24) is 9.97 Å². The lowest BCUT2D eigenvalue weighted by Gasteiger charge is -2.05.